The van der Waals surface area contributed by atoms with Crippen molar-refractivity contribution in [2.45, 2.75) is 6.42 Å². The largest absolute Gasteiger partial charge is 0.313 e. The maximum atomic E-state index is 8.62. The van der Waals surface area contributed by atoms with E-state index in [1.54, 1.807) is 6.20 Å². The number of nitriles is 1. The van der Waals surface area contributed by atoms with Gasteiger partial charge in [-0.25, -0.2) is 0 Å². The molecule has 1 aliphatic heterocycles. The van der Waals surface area contributed by atoms with Crippen LogP contribution < -0.4 is 5.32 Å². The van der Waals surface area contributed by atoms with Gasteiger partial charge in [0.2, 0.25) is 0 Å². The number of aromatic nitrogens is 1. The van der Waals surface area contributed by atoms with Gasteiger partial charge in [0.15, 0.2) is 0 Å². The Balaban J connectivity index is 0.00000112. The molecule has 4 heteroatoms. The van der Waals surface area contributed by atoms with Crippen molar-refractivity contribution < 1.29 is 0 Å². The first-order chi connectivity index (χ1) is 6.90. The summed E-state index contributed by atoms with van der Waals surface area (Å²) in [6, 6.07) is 5.79. The van der Waals surface area contributed by atoms with Gasteiger partial charge in [0, 0.05) is 12.7 Å². The van der Waals surface area contributed by atoms with Crippen molar-refractivity contribution in [1.29, 1.82) is 5.26 Å². The van der Waals surface area contributed by atoms with Gasteiger partial charge in [-0.1, -0.05) is 6.08 Å². The van der Waals surface area contributed by atoms with Gasteiger partial charge in [-0.3, -0.25) is 4.98 Å². The predicted octanol–water partition coefficient (Wildman–Crippen LogP) is 1.75. The third-order valence-corrected chi connectivity index (χ3v) is 2.29. The summed E-state index contributed by atoms with van der Waals surface area (Å²) in [5.41, 5.74) is 2.88. The molecule has 0 radical (unpaired) electrons. The van der Waals surface area contributed by atoms with Crippen LogP contribution in [-0.2, 0) is 0 Å². The van der Waals surface area contributed by atoms with Gasteiger partial charge in [0.1, 0.15) is 6.07 Å². The lowest BCUT2D eigenvalue weighted by molar-refractivity contribution is 0.737. The molecule has 0 fully saturated rings. The number of rotatable bonds is 1. The highest BCUT2D eigenvalue weighted by Gasteiger charge is 2.06. The Morgan fingerprint density at radius 1 is 1.40 bits per heavy atom. The second kappa shape index (κ2) is 5.50. The van der Waals surface area contributed by atoms with Crippen LogP contribution in [0.1, 0.15) is 17.7 Å². The van der Waals surface area contributed by atoms with Crippen molar-refractivity contribution in [3.63, 3.8) is 0 Å². The van der Waals surface area contributed by atoms with Gasteiger partial charge in [0.25, 0.3) is 0 Å². The lowest BCUT2D eigenvalue weighted by atomic mass is 10.1. The summed E-state index contributed by atoms with van der Waals surface area (Å²) in [4.78, 5) is 4.25. The molecular weight excluding hydrogens is 210 g/mol. The van der Waals surface area contributed by atoms with Gasteiger partial charge < -0.3 is 5.32 Å². The van der Waals surface area contributed by atoms with Crippen LogP contribution >= 0.6 is 12.4 Å². The molecule has 0 amide bonds. The van der Waals surface area contributed by atoms with Gasteiger partial charge >= 0.3 is 0 Å². The number of nitrogens with one attached hydrogen (secondary N) is 1. The number of halogens is 1. The van der Waals surface area contributed by atoms with Gasteiger partial charge in [-0.05, 0) is 30.7 Å². The number of hydrogen-bond donors (Lipinski definition) is 1. The Bertz CT molecular complexity index is 389. The minimum Gasteiger partial charge on any atom is -0.313 e. The molecule has 0 aromatic carbocycles. The van der Waals surface area contributed by atoms with E-state index in [2.05, 4.69) is 22.4 Å². The molecule has 1 N–H and O–H groups in total. The van der Waals surface area contributed by atoms with Crippen molar-refractivity contribution in [3.8, 4) is 6.07 Å². The minimum absolute atomic E-state index is 0. The minimum atomic E-state index is 0. The second-order valence-corrected chi connectivity index (χ2v) is 3.23. The zero-order valence-corrected chi connectivity index (χ0v) is 9.05. The molecule has 0 aliphatic carbocycles. The Morgan fingerprint density at radius 3 is 2.80 bits per heavy atom. The summed E-state index contributed by atoms with van der Waals surface area (Å²) in [6.45, 7) is 1.92. The molecule has 0 spiro atoms. The van der Waals surface area contributed by atoms with Gasteiger partial charge in [-0.2, -0.15) is 5.26 Å². The number of hydrogen-bond acceptors (Lipinski definition) is 3. The molecule has 0 atom stereocenters. The summed E-state index contributed by atoms with van der Waals surface area (Å²) < 4.78 is 0. The molecule has 0 saturated heterocycles. The fourth-order valence-electron chi connectivity index (χ4n) is 1.51. The highest BCUT2D eigenvalue weighted by molar-refractivity contribution is 5.85. The molecule has 78 valence electrons. The van der Waals surface area contributed by atoms with E-state index in [0.717, 1.165) is 25.2 Å². The van der Waals surface area contributed by atoms with E-state index < -0.39 is 0 Å². The highest BCUT2D eigenvalue weighted by Crippen LogP contribution is 2.17. The molecule has 1 aromatic rings. The predicted molar refractivity (Wildman–Crippen MR) is 61.7 cm³/mol. The normalized spacial score (nSPS) is 14.7. The van der Waals surface area contributed by atoms with Crippen LogP contribution in [0.3, 0.4) is 0 Å². The molecule has 2 rings (SSSR count). The fraction of sp³-hybridized carbons (Fsp3) is 0.273. The van der Waals surface area contributed by atoms with E-state index >= 15 is 0 Å². The first-order valence-corrected chi connectivity index (χ1v) is 4.66. The third-order valence-electron chi connectivity index (χ3n) is 2.29. The molecule has 3 nitrogen and oxygen atoms in total. The van der Waals surface area contributed by atoms with Crippen LogP contribution in [0, 0.1) is 11.3 Å². The van der Waals surface area contributed by atoms with E-state index in [4.69, 9.17) is 5.26 Å². The van der Waals surface area contributed by atoms with E-state index in [1.165, 1.54) is 5.57 Å². The maximum absolute atomic E-state index is 8.62. The van der Waals surface area contributed by atoms with Crippen molar-refractivity contribution in [2.75, 3.05) is 13.1 Å². The van der Waals surface area contributed by atoms with Crippen LogP contribution in [-0.4, -0.2) is 18.1 Å². The van der Waals surface area contributed by atoms with E-state index in [9.17, 15) is 0 Å². The van der Waals surface area contributed by atoms with Crippen LogP contribution in [0.5, 0.6) is 0 Å². The zero-order chi connectivity index (χ0) is 9.80. The first kappa shape index (κ1) is 11.7. The monoisotopic (exact) mass is 221 g/mol. The lowest BCUT2D eigenvalue weighted by Crippen LogP contribution is -2.20. The van der Waals surface area contributed by atoms with Crippen molar-refractivity contribution >= 4 is 18.0 Å². The quantitative estimate of drug-likeness (QED) is 0.786. The molecule has 1 aromatic heterocycles. The topological polar surface area (TPSA) is 48.7 Å². The Hall–Kier alpha value is -1.37. The molecule has 0 unspecified atom stereocenters. The second-order valence-electron chi connectivity index (χ2n) is 3.23. The van der Waals surface area contributed by atoms with E-state index in [-0.39, 0.29) is 12.4 Å². The SMILES string of the molecule is Cl.N#Cc1ccc(C2=CCNCC2)nc1. The number of nitrogens with zero attached hydrogens (tertiary/aromatic N) is 2. The Kier molecular flexibility index (Phi) is 4.29. The van der Waals surface area contributed by atoms with Gasteiger partial charge in [0.05, 0.1) is 11.3 Å². The fourth-order valence-corrected chi connectivity index (χ4v) is 1.51. The van der Waals surface area contributed by atoms with Crippen LogP contribution in [0.4, 0.5) is 0 Å². The van der Waals surface area contributed by atoms with Crippen molar-refractivity contribution in [1.82, 2.24) is 10.3 Å². The van der Waals surface area contributed by atoms with Crippen molar-refractivity contribution in [2.24, 2.45) is 0 Å². The molecule has 2 heterocycles. The molecule has 0 bridgehead atoms. The summed E-state index contributed by atoms with van der Waals surface area (Å²) in [6.07, 6.45) is 4.79. The molecule has 0 saturated carbocycles. The van der Waals surface area contributed by atoms with E-state index in [0.29, 0.717) is 5.56 Å². The zero-order valence-electron chi connectivity index (χ0n) is 8.23. The number of pyridine rings is 1. The Morgan fingerprint density at radius 2 is 2.27 bits per heavy atom. The van der Waals surface area contributed by atoms with Crippen molar-refractivity contribution in [3.05, 3.63) is 35.7 Å². The smallest absolute Gasteiger partial charge is 0.101 e. The van der Waals surface area contributed by atoms with Crippen LogP contribution in [0.25, 0.3) is 5.57 Å². The molecule has 15 heavy (non-hydrogen) atoms. The molecular formula is C11H12ClN3. The third kappa shape index (κ3) is 2.79. The summed E-state index contributed by atoms with van der Waals surface area (Å²) in [5.74, 6) is 0. The summed E-state index contributed by atoms with van der Waals surface area (Å²) >= 11 is 0. The molecule has 1 aliphatic rings. The average Bonchev–Trinajstić information content (AvgIpc) is 2.30. The van der Waals surface area contributed by atoms with Gasteiger partial charge in [-0.15, -0.1) is 12.4 Å². The summed E-state index contributed by atoms with van der Waals surface area (Å²) in [7, 11) is 0. The average molecular weight is 222 g/mol. The Labute approximate surface area is 95.2 Å². The maximum Gasteiger partial charge on any atom is 0.101 e. The van der Waals surface area contributed by atoms with Crippen LogP contribution in [0.15, 0.2) is 24.4 Å². The lowest BCUT2D eigenvalue weighted by Gasteiger charge is -2.12. The highest BCUT2D eigenvalue weighted by atomic mass is 35.5. The van der Waals surface area contributed by atoms with Crippen LogP contribution in [0.2, 0.25) is 0 Å². The van der Waals surface area contributed by atoms with E-state index in [1.807, 2.05) is 12.1 Å². The summed E-state index contributed by atoms with van der Waals surface area (Å²) in [5, 5.41) is 11.9. The first-order valence-electron chi connectivity index (χ1n) is 4.66. The standard InChI is InChI=1S/C11H11N3.ClH/c12-7-9-1-2-11(14-8-9)10-3-5-13-6-4-10;/h1-3,8,13H,4-6H2;1H.